The Labute approximate surface area is 159 Å². The third kappa shape index (κ3) is 2.77. The van der Waals surface area contributed by atoms with Crippen LogP contribution in [0.3, 0.4) is 0 Å². The fourth-order valence-corrected chi connectivity index (χ4v) is 4.72. The quantitative estimate of drug-likeness (QED) is 0.848. The molecule has 1 aromatic carbocycles. The summed E-state index contributed by atoms with van der Waals surface area (Å²) in [4.78, 5) is 28.2. The van der Waals surface area contributed by atoms with Gasteiger partial charge in [0.05, 0.1) is 23.0 Å². The maximum Gasteiger partial charge on any atom is 0.231 e. The first-order valence-corrected chi connectivity index (χ1v) is 9.85. The van der Waals surface area contributed by atoms with E-state index < -0.39 is 10.8 Å². The molecule has 2 aliphatic carbocycles. The van der Waals surface area contributed by atoms with Crippen LogP contribution >= 0.6 is 11.6 Å². The highest BCUT2D eigenvalue weighted by Gasteiger charge is 2.73. The highest BCUT2D eigenvalue weighted by molar-refractivity contribution is 6.32. The van der Waals surface area contributed by atoms with E-state index in [1.54, 1.807) is 25.3 Å². The molecule has 0 aromatic heterocycles. The molecule has 26 heavy (non-hydrogen) atoms. The number of nitrogens with zero attached hydrogens (tertiary/aromatic N) is 1. The third-order valence-electron chi connectivity index (χ3n) is 6.31. The molecule has 1 aromatic rings. The Hall–Kier alpha value is -1.75. The van der Waals surface area contributed by atoms with Crippen molar-refractivity contribution < 1.29 is 14.3 Å². The van der Waals surface area contributed by atoms with Gasteiger partial charge in [0.1, 0.15) is 5.75 Å². The zero-order valence-electron chi connectivity index (χ0n) is 15.1. The summed E-state index contributed by atoms with van der Waals surface area (Å²) in [5.74, 6) is 0.740. The average Bonchev–Trinajstić information content (AvgIpc) is 3.55. The Morgan fingerprint density at radius 2 is 1.73 bits per heavy atom. The van der Waals surface area contributed by atoms with E-state index in [1.807, 2.05) is 4.90 Å². The number of ether oxygens (including phenoxy) is 1. The van der Waals surface area contributed by atoms with Gasteiger partial charge in [-0.1, -0.05) is 11.6 Å². The van der Waals surface area contributed by atoms with Gasteiger partial charge in [-0.3, -0.25) is 9.59 Å². The maximum atomic E-state index is 13.2. The van der Waals surface area contributed by atoms with Crippen LogP contribution in [0.1, 0.15) is 44.9 Å². The normalized spacial score (nSPS) is 22.5. The van der Waals surface area contributed by atoms with Crippen molar-refractivity contribution in [1.29, 1.82) is 0 Å². The first-order chi connectivity index (χ1) is 12.5. The number of benzene rings is 1. The van der Waals surface area contributed by atoms with Gasteiger partial charge in [0.15, 0.2) is 0 Å². The molecule has 1 saturated heterocycles. The van der Waals surface area contributed by atoms with Crippen LogP contribution < -0.4 is 10.1 Å². The maximum absolute atomic E-state index is 13.2. The van der Waals surface area contributed by atoms with Crippen molar-refractivity contribution in [1.82, 2.24) is 4.90 Å². The Bertz CT molecular complexity index is 735. The molecule has 140 valence electrons. The highest BCUT2D eigenvalue weighted by Crippen LogP contribution is 2.71. The molecule has 0 unspecified atom stereocenters. The fraction of sp³-hybridized carbons (Fsp3) is 0.600. The van der Waals surface area contributed by atoms with Crippen molar-refractivity contribution in [3.8, 4) is 5.75 Å². The molecular formula is C20H25ClN2O3. The summed E-state index contributed by atoms with van der Waals surface area (Å²) < 4.78 is 5.15. The summed E-state index contributed by atoms with van der Waals surface area (Å²) in [5.41, 5.74) is -0.355. The lowest BCUT2D eigenvalue weighted by Gasteiger charge is -2.34. The standard InChI is InChI=1S/C20H25ClN2O3/c1-26-16-6-5-14(13-15(16)21)22-17(24)19(7-8-19)20(9-10-20)18(25)23-11-3-2-4-12-23/h5-6,13H,2-4,7-12H2,1H3,(H,22,24). The number of nitrogens with one attached hydrogen (secondary N) is 1. The minimum Gasteiger partial charge on any atom is -0.495 e. The van der Waals surface area contributed by atoms with Gasteiger partial charge in [-0.25, -0.2) is 0 Å². The number of amides is 2. The smallest absolute Gasteiger partial charge is 0.231 e. The van der Waals surface area contributed by atoms with Gasteiger partial charge >= 0.3 is 0 Å². The molecule has 0 radical (unpaired) electrons. The van der Waals surface area contributed by atoms with E-state index in [1.165, 1.54) is 6.42 Å². The van der Waals surface area contributed by atoms with E-state index in [0.717, 1.165) is 51.6 Å². The van der Waals surface area contributed by atoms with Crippen LogP contribution in [-0.4, -0.2) is 36.9 Å². The molecule has 0 atom stereocenters. The second-order valence-corrected chi connectivity index (χ2v) is 8.23. The van der Waals surface area contributed by atoms with Crippen LogP contribution in [0.5, 0.6) is 5.75 Å². The predicted octanol–water partition coefficient (Wildman–Crippen LogP) is 3.86. The van der Waals surface area contributed by atoms with Gasteiger partial charge < -0.3 is 15.0 Å². The minimum absolute atomic E-state index is 0.0402. The molecular weight excluding hydrogens is 352 g/mol. The molecule has 2 saturated carbocycles. The minimum atomic E-state index is -0.534. The van der Waals surface area contributed by atoms with Crippen LogP contribution in [0.2, 0.25) is 5.02 Å². The monoisotopic (exact) mass is 376 g/mol. The molecule has 1 aliphatic heterocycles. The van der Waals surface area contributed by atoms with Gasteiger partial charge in [0.2, 0.25) is 11.8 Å². The number of rotatable bonds is 5. The molecule has 1 N–H and O–H groups in total. The summed E-state index contributed by atoms with van der Waals surface area (Å²) in [6.45, 7) is 1.68. The molecule has 0 spiro atoms. The second-order valence-electron chi connectivity index (χ2n) is 7.82. The van der Waals surface area contributed by atoms with E-state index >= 15 is 0 Å². The van der Waals surface area contributed by atoms with Gasteiger partial charge in [-0.05, 0) is 63.1 Å². The lowest BCUT2D eigenvalue weighted by atomic mass is 9.82. The summed E-state index contributed by atoms with van der Waals surface area (Å²) in [6.07, 6.45) is 6.60. The van der Waals surface area contributed by atoms with Gasteiger partial charge in [-0.15, -0.1) is 0 Å². The number of halogens is 1. The van der Waals surface area contributed by atoms with E-state index in [4.69, 9.17) is 16.3 Å². The second kappa shape index (κ2) is 6.45. The first kappa shape index (κ1) is 17.7. The number of hydrogen-bond donors (Lipinski definition) is 1. The SMILES string of the molecule is COc1ccc(NC(=O)C2(C3(C(=O)N4CCCCC4)CC3)CC2)cc1Cl. The number of methoxy groups -OCH3 is 1. The Morgan fingerprint density at radius 3 is 2.27 bits per heavy atom. The fourth-order valence-electron chi connectivity index (χ4n) is 4.46. The van der Waals surface area contributed by atoms with E-state index in [2.05, 4.69) is 5.32 Å². The van der Waals surface area contributed by atoms with Crippen molar-refractivity contribution >= 4 is 29.1 Å². The highest BCUT2D eigenvalue weighted by atomic mass is 35.5. The molecule has 3 fully saturated rings. The van der Waals surface area contributed by atoms with Gasteiger partial charge in [0.25, 0.3) is 0 Å². The lowest BCUT2D eigenvalue weighted by molar-refractivity contribution is -0.144. The van der Waals surface area contributed by atoms with E-state index in [9.17, 15) is 9.59 Å². The zero-order chi connectivity index (χ0) is 18.4. The largest absolute Gasteiger partial charge is 0.495 e. The van der Waals surface area contributed by atoms with Crippen LogP contribution in [-0.2, 0) is 9.59 Å². The number of likely N-dealkylation sites (tertiary alicyclic amines) is 1. The number of carbonyl (C=O) groups excluding carboxylic acids is 2. The number of piperidine rings is 1. The summed E-state index contributed by atoms with van der Waals surface area (Å²) >= 11 is 6.16. The van der Waals surface area contributed by atoms with Crippen molar-refractivity contribution in [3.63, 3.8) is 0 Å². The van der Waals surface area contributed by atoms with Crippen molar-refractivity contribution in [2.75, 3.05) is 25.5 Å². The number of carbonyl (C=O) groups is 2. The van der Waals surface area contributed by atoms with Crippen LogP contribution in [0, 0.1) is 10.8 Å². The number of anilines is 1. The Kier molecular flexibility index (Phi) is 4.38. The molecule has 2 amide bonds. The molecule has 3 aliphatic rings. The predicted molar refractivity (Wildman–Crippen MR) is 100 cm³/mol. The topological polar surface area (TPSA) is 58.6 Å². The summed E-state index contributed by atoms with van der Waals surface area (Å²) in [6, 6.07) is 5.22. The summed E-state index contributed by atoms with van der Waals surface area (Å²) in [5, 5.41) is 3.45. The van der Waals surface area contributed by atoms with Crippen molar-refractivity contribution in [2.24, 2.45) is 10.8 Å². The Morgan fingerprint density at radius 1 is 1.08 bits per heavy atom. The Balaban J connectivity index is 1.50. The van der Waals surface area contributed by atoms with E-state index in [-0.39, 0.29) is 11.8 Å². The first-order valence-electron chi connectivity index (χ1n) is 9.47. The summed E-state index contributed by atoms with van der Waals surface area (Å²) in [7, 11) is 1.56. The molecule has 5 nitrogen and oxygen atoms in total. The van der Waals surface area contributed by atoms with Crippen molar-refractivity contribution in [3.05, 3.63) is 23.2 Å². The molecule has 0 bridgehead atoms. The van der Waals surface area contributed by atoms with Crippen LogP contribution in [0.15, 0.2) is 18.2 Å². The van der Waals surface area contributed by atoms with Crippen LogP contribution in [0.4, 0.5) is 5.69 Å². The molecule has 1 heterocycles. The third-order valence-corrected chi connectivity index (χ3v) is 6.61. The number of hydrogen-bond acceptors (Lipinski definition) is 3. The van der Waals surface area contributed by atoms with Gasteiger partial charge in [-0.2, -0.15) is 0 Å². The van der Waals surface area contributed by atoms with Crippen molar-refractivity contribution in [2.45, 2.75) is 44.9 Å². The lowest BCUT2D eigenvalue weighted by Crippen LogP contribution is -2.47. The molecule has 4 rings (SSSR count). The average molecular weight is 377 g/mol. The van der Waals surface area contributed by atoms with E-state index in [0.29, 0.717) is 16.5 Å². The zero-order valence-corrected chi connectivity index (χ0v) is 15.9. The van der Waals surface area contributed by atoms with Crippen LogP contribution in [0.25, 0.3) is 0 Å². The van der Waals surface area contributed by atoms with Gasteiger partial charge in [0, 0.05) is 18.8 Å². The molecule has 6 heteroatoms.